The number of benzene rings is 1. The summed E-state index contributed by atoms with van der Waals surface area (Å²) in [6, 6.07) is 5.97. The van der Waals surface area contributed by atoms with E-state index in [-0.39, 0.29) is 29.7 Å². The van der Waals surface area contributed by atoms with Crippen LogP contribution in [0.4, 0.5) is 10.1 Å². The van der Waals surface area contributed by atoms with Crippen LogP contribution in [0, 0.1) is 23.1 Å². The zero-order chi connectivity index (χ0) is 12.8. The molecule has 0 fully saturated rings. The second-order valence-corrected chi connectivity index (χ2v) is 3.61. The molecular formula is C12H13FN2O2. The van der Waals surface area contributed by atoms with Crippen LogP contribution in [-0.4, -0.2) is 19.6 Å². The van der Waals surface area contributed by atoms with E-state index < -0.39 is 5.82 Å². The number of methoxy groups -OCH3 is 1. The van der Waals surface area contributed by atoms with Crippen molar-refractivity contribution in [2.45, 2.75) is 6.92 Å². The van der Waals surface area contributed by atoms with Gasteiger partial charge in [-0.05, 0) is 18.2 Å². The average molecular weight is 236 g/mol. The topological polar surface area (TPSA) is 62.1 Å². The molecule has 17 heavy (non-hydrogen) atoms. The van der Waals surface area contributed by atoms with E-state index >= 15 is 0 Å². The molecular weight excluding hydrogens is 223 g/mol. The number of esters is 1. The third-order valence-electron chi connectivity index (χ3n) is 2.30. The molecule has 1 aromatic carbocycles. The van der Waals surface area contributed by atoms with Crippen LogP contribution in [0.3, 0.4) is 0 Å². The standard InChI is InChI=1S/C12H13FN2O2/c1-8(12(16)17-2)7-15-11-4-3-9(6-14)5-10(11)13/h3-5,8,15H,7H2,1-2H3. The quantitative estimate of drug-likeness (QED) is 0.811. The Hall–Kier alpha value is -2.09. The van der Waals surface area contributed by atoms with Gasteiger partial charge in [0, 0.05) is 6.54 Å². The highest BCUT2D eigenvalue weighted by molar-refractivity contribution is 5.72. The second kappa shape index (κ2) is 5.85. The van der Waals surface area contributed by atoms with Crippen molar-refractivity contribution >= 4 is 11.7 Å². The molecule has 0 aliphatic rings. The molecule has 0 heterocycles. The molecule has 0 saturated carbocycles. The van der Waals surface area contributed by atoms with Gasteiger partial charge in [0.05, 0.1) is 30.3 Å². The Balaban J connectivity index is 2.64. The largest absolute Gasteiger partial charge is 0.469 e. The van der Waals surface area contributed by atoms with Gasteiger partial charge in [-0.15, -0.1) is 0 Å². The molecule has 1 rings (SSSR count). The summed E-state index contributed by atoms with van der Waals surface area (Å²) in [7, 11) is 1.31. The zero-order valence-corrected chi connectivity index (χ0v) is 9.66. The first-order valence-electron chi connectivity index (χ1n) is 5.09. The van der Waals surface area contributed by atoms with Gasteiger partial charge >= 0.3 is 5.97 Å². The van der Waals surface area contributed by atoms with Gasteiger partial charge in [0.25, 0.3) is 0 Å². The van der Waals surface area contributed by atoms with Gasteiger partial charge in [-0.1, -0.05) is 6.92 Å². The summed E-state index contributed by atoms with van der Waals surface area (Å²) in [6.07, 6.45) is 0. The minimum atomic E-state index is -0.513. The van der Waals surface area contributed by atoms with Crippen LogP contribution < -0.4 is 5.32 Å². The number of nitrogens with zero attached hydrogens (tertiary/aromatic N) is 1. The van der Waals surface area contributed by atoms with Crippen molar-refractivity contribution in [1.29, 1.82) is 5.26 Å². The number of hydrogen-bond acceptors (Lipinski definition) is 4. The van der Waals surface area contributed by atoms with Crippen LogP contribution in [-0.2, 0) is 9.53 Å². The number of hydrogen-bond donors (Lipinski definition) is 1. The molecule has 5 heteroatoms. The van der Waals surface area contributed by atoms with Crippen molar-refractivity contribution in [1.82, 2.24) is 0 Å². The lowest BCUT2D eigenvalue weighted by atomic mass is 10.1. The monoisotopic (exact) mass is 236 g/mol. The van der Waals surface area contributed by atoms with E-state index in [4.69, 9.17) is 5.26 Å². The summed E-state index contributed by atoms with van der Waals surface area (Å²) in [5.74, 6) is -1.23. The molecule has 0 saturated heterocycles. The Labute approximate surface area is 99.0 Å². The zero-order valence-electron chi connectivity index (χ0n) is 9.66. The summed E-state index contributed by atoms with van der Waals surface area (Å²) in [5.41, 5.74) is 0.522. The fourth-order valence-electron chi connectivity index (χ4n) is 1.28. The number of halogens is 1. The maximum absolute atomic E-state index is 13.4. The summed E-state index contributed by atoms with van der Waals surface area (Å²) >= 11 is 0. The van der Waals surface area contributed by atoms with Crippen molar-refractivity contribution in [2.24, 2.45) is 5.92 Å². The first-order valence-corrected chi connectivity index (χ1v) is 5.09. The number of rotatable bonds is 4. The first-order chi connectivity index (χ1) is 8.08. The maximum Gasteiger partial charge on any atom is 0.310 e. The maximum atomic E-state index is 13.4. The van der Waals surface area contributed by atoms with Crippen molar-refractivity contribution in [3.63, 3.8) is 0 Å². The van der Waals surface area contributed by atoms with Crippen LogP contribution >= 0.6 is 0 Å². The number of nitrogens with one attached hydrogen (secondary N) is 1. The summed E-state index contributed by atoms with van der Waals surface area (Å²) in [5, 5.41) is 11.4. The van der Waals surface area contributed by atoms with E-state index in [9.17, 15) is 9.18 Å². The number of carbonyl (C=O) groups is 1. The van der Waals surface area contributed by atoms with Crippen molar-refractivity contribution in [3.05, 3.63) is 29.6 Å². The van der Waals surface area contributed by atoms with Crippen LogP contribution in [0.15, 0.2) is 18.2 Å². The minimum absolute atomic E-state index is 0.258. The van der Waals surface area contributed by atoms with Gasteiger partial charge in [0.15, 0.2) is 0 Å². The number of carbonyl (C=O) groups excluding carboxylic acids is 1. The van der Waals surface area contributed by atoms with E-state index in [1.165, 1.54) is 19.2 Å². The third-order valence-corrected chi connectivity index (χ3v) is 2.30. The van der Waals surface area contributed by atoms with E-state index in [0.29, 0.717) is 0 Å². The lowest BCUT2D eigenvalue weighted by molar-refractivity contribution is -0.144. The Morgan fingerprint density at radius 1 is 1.65 bits per heavy atom. The highest BCUT2D eigenvalue weighted by Crippen LogP contribution is 2.15. The van der Waals surface area contributed by atoms with E-state index in [0.717, 1.165) is 6.07 Å². The fraction of sp³-hybridized carbons (Fsp3) is 0.333. The SMILES string of the molecule is COC(=O)C(C)CNc1ccc(C#N)cc1F. The predicted octanol–water partition coefficient (Wildman–Crippen LogP) is 1.92. The van der Waals surface area contributed by atoms with E-state index in [1.54, 1.807) is 6.92 Å². The minimum Gasteiger partial charge on any atom is -0.469 e. The Morgan fingerprint density at radius 2 is 2.35 bits per heavy atom. The second-order valence-electron chi connectivity index (χ2n) is 3.61. The summed E-state index contributed by atoms with van der Waals surface area (Å²) in [6.45, 7) is 1.95. The molecule has 1 unspecified atom stereocenters. The predicted molar refractivity (Wildman–Crippen MR) is 60.8 cm³/mol. The lowest BCUT2D eigenvalue weighted by Crippen LogP contribution is -2.21. The number of nitriles is 1. The van der Waals surface area contributed by atoms with Crippen molar-refractivity contribution in [2.75, 3.05) is 19.0 Å². The number of ether oxygens (including phenoxy) is 1. The molecule has 1 N–H and O–H groups in total. The van der Waals surface area contributed by atoms with Gasteiger partial charge in [-0.3, -0.25) is 4.79 Å². The highest BCUT2D eigenvalue weighted by Gasteiger charge is 2.13. The molecule has 4 nitrogen and oxygen atoms in total. The lowest BCUT2D eigenvalue weighted by Gasteiger charge is -2.12. The molecule has 1 atom stereocenters. The molecule has 0 aliphatic carbocycles. The van der Waals surface area contributed by atoms with Crippen LogP contribution in [0.2, 0.25) is 0 Å². The normalized spacial score (nSPS) is 11.4. The fourth-order valence-corrected chi connectivity index (χ4v) is 1.28. The Kier molecular flexibility index (Phi) is 4.46. The van der Waals surface area contributed by atoms with Crippen LogP contribution in [0.1, 0.15) is 12.5 Å². The average Bonchev–Trinajstić information content (AvgIpc) is 2.35. The highest BCUT2D eigenvalue weighted by atomic mass is 19.1. The molecule has 90 valence electrons. The van der Waals surface area contributed by atoms with Gasteiger partial charge in [0.2, 0.25) is 0 Å². The number of anilines is 1. The molecule has 0 spiro atoms. The first kappa shape index (κ1) is 13.0. The van der Waals surface area contributed by atoms with E-state index in [1.807, 2.05) is 6.07 Å². The van der Waals surface area contributed by atoms with Crippen molar-refractivity contribution in [3.8, 4) is 6.07 Å². The van der Waals surface area contributed by atoms with Crippen molar-refractivity contribution < 1.29 is 13.9 Å². The van der Waals surface area contributed by atoms with Crippen LogP contribution in [0.5, 0.6) is 0 Å². The smallest absolute Gasteiger partial charge is 0.310 e. The summed E-state index contributed by atoms with van der Waals surface area (Å²) in [4.78, 5) is 11.1. The molecule has 0 radical (unpaired) electrons. The van der Waals surface area contributed by atoms with Gasteiger partial charge in [0.1, 0.15) is 5.82 Å². The molecule has 0 aromatic heterocycles. The van der Waals surface area contributed by atoms with Gasteiger partial charge in [-0.25, -0.2) is 4.39 Å². The van der Waals surface area contributed by atoms with Gasteiger partial charge in [-0.2, -0.15) is 5.26 Å². The molecule has 0 amide bonds. The Bertz CT molecular complexity index is 454. The van der Waals surface area contributed by atoms with E-state index in [2.05, 4.69) is 10.1 Å². The third kappa shape index (κ3) is 3.45. The Morgan fingerprint density at radius 3 is 2.88 bits per heavy atom. The summed E-state index contributed by atoms with van der Waals surface area (Å²) < 4.78 is 18.0. The van der Waals surface area contributed by atoms with Crippen LogP contribution in [0.25, 0.3) is 0 Å². The molecule has 1 aromatic rings. The molecule has 0 bridgehead atoms. The van der Waals surface area contributed by atoms with Gasteiger partial charge < -0.3 is 10.1 Å². The molecule has 0 aliphatic heterocycles.